The monoisotopic (exact) mass is 402 g/mol. The van der Waals surface area contributed by atoms with E-state index >= 15 is 0 Å². The Labute approximate surface area is 148 Å². The molecule has 0 spiro atoms. The quantitative estimate of drug-likeness (QED) is 0.123. The van der Waals surface area contributed by atoms with Gasteiger partial charge in [0.05, 0.1) is 0 Å². The van der Waals surface area contributed by atoms with Crippen molar-refractivity contribution in [1.29, 1.82) is 0 Å². The Morgan fingerprint density at radius 1 is 1.04 bits per heavy atom. The first-order valence-corrected chi connectivity index (χ1v) is 11.4. The van der Waals surface area contributed by atoms with Crippen molar-refractivity contribution in [2.75, 3.05) is 0 Å². The second kappa shape index (κ2) is 12.8. The fourth-order valence-electron chi connectivity index (χ4n) is 2.06. The van der Waals surface area contributed by atoms with Crippen LogP contribution in [0.4, 0.5) is 0 Å². The molecule has 2 unspecified atom stereocenters. The minimum absolute atomic E-state index is 0.126. The standard InChI is InChI=1S/C14H28O9P2/c1-3-5-6-7-8-9-10-11-12-14(22-25(18,19)20)24(16,17)23-21-13(15)4-2/h4,14H,2-3,5-12H2,1H3,(H,16,17)(H2,18,19,20). The molecule has 0 aromatic rings. The summed E-state index contributed by atoms with van der Waals surface area (Å²) in [5.74, 6) is -2.91. The molecule has 148 valence electrons. The van der Waals surface area contributed by atoms with Gasteiger partial charge < -0.3 is 14.7 Å². The van der Waals surface area contributed by atoms with Gasteiger partial charge in [-0.3, -0.25) is 14.0 Å². The summed E-state index contributed by atoms with van der Waals surface area (Å²) in [6.07, 6.45) is 8.22. The van der Waals surface area contributed by atoms with Crippen LogP contribution in [0.1, 0.15) is 64.7 Å². The molecule has 0 radical (unpaired) electrons. The zero-order chi connectivity index (χ0) is 19.3. The lowest BCUT2D eigenvalue weighted by atomic mass is 10.1. The molecule has 0 heterocycles. The third-order valence-corrected chi connectivity index (χ3v) is 5.40. The van der Waals surface area contributed by atoms with Crippen molar-refractivity contribution in [2.24, 2.45) is 0 Å². The van der Waals surface area contributed by atoms with E-state index in [2.05, 4.69) is 27.6 Å². The van der Waals surface area contributed by atoms with E-state index in [1.165, 1.54) is 6.42 Å². The van der Waals surface area contributed by atoms with Gasteiger partial charge in [-0.25, -0.2) is 9.36 Å². The highest BCUT2D eigenvalue weighted by Gasteiger charge is 2.40. The van der Waals surface area contributed by atoms with Crippen molar-refractivity contribution >= 4 is 21.4 Å². The first-order chi connectivity index (χ1) is 11.6. The van der Waals surface area contributed by atoms with Gasteiger partial charge in [-0.1, -0.05) is 69.5 Å². The highest BCUT2D eigenvalue weighted by molar-refractivity contribution is 7.54. The van der Waals surface area contributed by atoms with Crippen LogP contribution in [-0.2, 0) is 28.0 Å². The van der Waals surface area contributed by atoms with Crippen LogP contribution in [0.15, 0.2) is 12.7 Å². The SMILES string of the molecule is C=CC(=O)OOP(=O)(O)C(CCCCCCCCCC)OP(=O)(O)O. The Balaban J connectivity index is 4.43. The summed E-state index contributed by atoms with van der Waals surface area (Å²) in [7, 11) is -9.76. The van der Waals surface area contributed by atoms with Gasteiger partial charge in [0.1, 0.15) is 0 Å². The molecule has 0 aromatic carbocycles. The summed E-state index contributed by atoms with van der Waals surface area (Å²) in [6, 6.07) is 0. The minimum atomic E-state index is -5.02. The summed E-state index contributed by atoms with van der Waals surface area (Å²) in [4.78, 5) is 42.4. The topological polar surface area (TPSA) is 140 Å². The van der Waals surface area contributed by atoms with Gasteiger partial charge in [0.2, 0.25) is 0 Å². The van der Waals surface area contributed by atoms with E-state index in [4.69, 9.17) is 9.79 Å². The molecule has 0 aliphatic rings. The molecule has 0 amide bonds. The molecule has 2 atom stereocenters. The van der Waals surface area contributed by atoms with Crippen LogP contribution >= 0.6 is 15.4 Å². The maximum absolute atomic E-state index is 12.0. The number of rotatable bonds is 15. The van der Waals surface area contributed by atoms with Crippen molar-refractivity contribution in [1.82, 2.24) is 0 Å². The van der Waals surface area contributed by atoms with E-state index < -0.39 is 27.2 Å². The van der Waals surface area contributed by atoms with E-state index in [0.29, 0.717) is 18.9 Å². The van der Waals surface area contributed by atoms with Crippen LogP contribution in [0.3, 0.4) is 0 Å². The van der Waals surface area contributed by atoms with Crippen LogP contribution in [-0.4, -0.2) is 26.5 Å². The Morgan fingerprint density at radius 2 is 1.56 bits per heavy atom. The number of unbranched alkanes of at least 4 members (excludes halogenated alkanes) is 7. The lowest BCUT2D eigenvalue weighted by Gasteiger charge is -2.21. The van der Waals surface area contributed by atoms with Gasteiger partial charge in [-0.2, -0.15) is 0 Å². The predicted octanol–water partition coefficient (Wildman–Crippen LogP) is 3.80. The zero-order valence-corrected chi connectivity index (χ0v) is 16.2. The molecule has 0 saturated carbocycles. The van der Waals surface area contributed by atoms with E-state index in [-0.39, 0.29) is 6.42 Å². The number of carbonyl (C=O) groups is 1. The fraction of sp³-hybridized carbons (Fsp3) is 0.786. The molecule has 0 saturated heterocycles. The van der Waals surface area contributed by atoms with Gasteiger partial charge in [0, 0.05) is 6.08 Å². The van der Waals surface area contributed by atoms with Crippen molar-refractivity contribution in [2.45, 2.75) is 70.6 Å². The molecule has 0 rings (SSSR count). The maximum Gasteiger partial charge on any atom is 0.470 e. The van der Waals surface area contributed by atoms with E-state index in [1.54, 1.807) is 0 Å². The average molecular weight is 402 g/mol. The van der Waals surface area contributed by atoms with Crippen molar-refractivity contribution in [3.8, 4) is 0 Å². The number of carbonyl (C=O) groups excluding carboxylic acids is 1. The molecule has 11 heteroatoms. The first-order valence-electron chi connectivity index (χ1n) is 8.21. The number of hydrogen-bond donors (Lipinski definition) is 3. The molecule has 0 bridgehead atoms. The zero-order valence-electron chi connectivity index (χ0n) is 14.4. The van der Waals surface area contributed by atoms with Crippen LogP contribution in [0, 0.1) is 0 Å². The lowest BCUT2D eigenvalue weighted by molar-refractivity contribution is -0.212. The first kappa shape index (κ1) is 24.5. The van der Waals surface area contributed by atoms with E-state index in [0.717, 1.165) is 32.1 Å². The Morgan fingerprint density at radius 3 is 2.04 bits per heavy atom. The van der Waals surface area contributed by atoms with Crippen molar-refractivity contribution in [3.05, 3.63) is 12.7 Å². The van der Waals surface area contributed by atoms with Crippen LogP contribution < -0.4 is 0 Å². The highest BCUT2D eigenvalue weighted by Crippen LogP contribution is 2.55. The fourth-order valence-corrected chi connectivity index (χ4v) is 4.11. The van der Waals surface area contributed by atoms with E-state index in [9.17, 15) is 18.8 Å². The molecule has 25 heavy (non-hydrogen) atoms. The number of hydrogen-bond acceptors (Lipinski definition) is 6. The largest absolute Gasteiger partial charge is 0.470 e. The van der Waals surface area contributed by atoms with Gasteiger partial charge in [-0.15, -0.1) is 0 Å². The second-order valence-electron chi connectivity index (χ2n) is 5.56. The summed E-state index contributed by atoms with van der Waals surface area (Å²) >= 11 is 0. The molecule has 9 nitrogen and oxygen atoms in total. The summed E-state index contributed by atoms with van der Waals surface area (Å²) in [5, 5.41) is 0. The molecule has 0 aromatic heterocycles. The highest BCUT2D eigenvalue weighted by atomic mass is 31.2. The van der Waals surface area contributed by atoms with Crippen LogP contribution in [0.5, 0.6) is 0 Å². The normalized spacial score (nSPS) is 15.4. The molecule has 0 aliphatic carbocycles. The molecular weight excluding hydrogens is 374 g/mol. The van der Waals surface area contributed by atoms with Crippen molar-refractivity contribution in [3.63, 3.8) is 0 Å². The third-order valence-electron chi connectivity index (χ3n) is 3.32. The third kappa shape index (κ3) is 13.3. The summed E-state index contributed by atoms with van der Waals surface area (Å²) < 4.78 is 31.5. The lowest BCUT2D eigenvalue weighted by Crippen LogP contribution is -2.15. The predicted molar refractivity (Wildman–Crippen MR) is 91.3 cm³/mol. The van der Waals surface area contributed by atoms with Crippen molar-refractivity contribution < 1.29 is 42.7 Å². The van der Waals surface area contributed by atoms with Gasteiger partial charge in [0.15, 0.2) is 5.85 Å². The molecule has 0 aliphatic heterocycles. The smallest absolute Gasteiger partial charge is 0.320 e. The van der Waals surface area contributed by atoms with Gasteiger partial charge >= 0.3 is 21.4 Å². The van der Waals surface area contributed by atoms with Gasteiger partial charge in [0.25, 0.3) is 0 Å². The average Bonchev–Trinajstić information content (AvgIpc) is 2.52. The number of phosphoric ester groups is 1. The Kier molecular flexibility index (Phi) is 12.5. The van der Waals surface area contributed by atoms with E-state index in [1.807, 2.05) is 0 Å². The molecule has 0 fully saturated rings. The summed E-state index contributed by atoms with van der Waals surface area (Å²) in [5.41, 5.74) is 0. The van der Waals surface area contributed by atoms with Gasteiger partial charge in [-0.05, 0) is 6.42 Å². The Bertz CT molecular complexity index is 489. The van der Waals surface area contributed by atoms with Crippen LogP contribution in [0.2, 0.25) is 0 Å². The van der Waals surface area contributed by atoms with Crippen LogP contribution in [0.25, 0.3) is 0 Å². The number of phosphoric acid groups is 1. The molecular formula is C14H28O9P2. The molecule has 3 N–H and O–H groups in total. The minimum Gasteiger partial charge on any atom is -0.320 e. The summed E-state index contributed by atoms with van der Waals surface area (Å²) in [6.45, 7) is 5.21. The second-order valence-corrected chi connectivity index (χ2v) is 8.60. The maximum atomic E-state index is 12.0. The Hall–Kier alpha value is -0.530.